The van der Waals surface area contributed by atoms with Crippen LogP contribution in [0, 0.1) is 13.8 Å². The summed E-state index contributed by atoms with van der Waals surface area (Å²) in [6.07, 6.45) is 17.7. The van der Waals surface area contributed by atoms with Crippen molar-refractivity contribution in [3.8, 4) is 52.0 Å². The number of fused-ring (bicyclic) bond motifs is 2. The smallest absolute Gasteiger partial charge is 0.231 e. The number of Topliss-reactive ketones (excluding diaryl/α,β-unsaturated/α-hetero) is 1. The number of ketones is 1. The number of hydrogen-bond acceptors (Lipinski definition) is 27. The largest absolute Gasteiger partial charge is 0.493 e. The summed E-state index contributed by atoms with van der Waals surface area (Å²) in [5, 5.41) is 29.3. The van der Waals surface area contributed by atoms with E-state index in [2.05, 4.69) is 98.2 Å². The van der Waals surface area contributed by atoms with E-state index in [1.807, 2.05) is 104 Å². The van der Waals surface area contributed by atoms with Crippen LogP contribution in [0.4, 0.5) is 0 Å². The lowest BCUT2D eigenvalue weighted by Crippen LogP contribution is -2.34. The number of benzene rings is 3. The van der Waals surface area contributed by atoms with Crippen molar-refractivity contribution in [2.24, 2.45) is 0 Å². The van der Waals surface area contributed by atoms with E-state index in [1.54, 1.807) is 79.9 Å². The normalized spacial score (nSPS) is 14.2. The number of nitrogens with zero attached hydrogens (tertiary/aromatic N) is 17. The third-order valence-corrected chi connectivity index (χ3v) is 16.1. The van der Waals surface area contributed by atoms with E-state index >= 15 is 0 Å². The lowest BCUT2D eigenvalue weighted by molar-refractivity contribution is -0.129. The molecule has 516 valence electrons. The minimum Gasteiger partial charge on any atom is -0.493 e. The first-order chi connectivity index (χ1) is 48.4. The summed E-state index contributed by atoms with van der Waals surface area (Å²) in [5.41, 5.74) is 5.61. The molecule has 31 heteroatoms. The number of imidazole rings is 2. The predicted molar refractivity (Wildman–Crippen MR) is 361 cm³/mol. The molecule has 0 radical (unpaired) electrons. The lowest BCUT2D eigenvalue weighted by atomic mass is 10.1. The first-order valence-corrected chi connectivity index (χ1v) is 32.2. The van der Waals surface area contributed by atoms with E-state index in [4.69, 9.17) is 32.8 Å². The maximum atomic E-state index is 12.8. The average Bonchev–Trinajstić information content (AvgIpc) is 1.54. The Morgan fingerprint density at radius 1 is 0.667 bits per heavy atom. The highest BCUT2D eigenvalue weighted by Crippen LogP contribution is 2.35. The molecule has 3 aliphatic heterocycles. The van der Waals surface area contributed by atoms with Gasteiger partial charge in [0.1, 0.15) is 54.6 Å². The maximum absolute atomic E-state index is 12.8. The van der Waals surface area contributed by atoms with Crippen LogP contribution in [0.3, 0.4) is 0 Å². The first-order valence-electron chi connectivity index (χ1n) is 32.2. The second-order valence-electron chi connectivity index (χ2n) is 23.2. The van der Waals surface area contributed by atoms with Gasteiger partial charge in [0.05, 0.1) is 43.4 Å². The number of aryl methyl sites for hydroxylation is 2. The third kappa shape index (κ3) is 19.0. The third-order valence-electron chi connectivity index (χ3n) is 16.1. The molecule has 5 N–H and O–H groups in total. The standard InChI is InChI=1S/C24H33N7O3.C23H24N6O3.C21H23N9O3/c1-17-28-20(13-23(29-17)31-11-10-26-16-31)19(14-24(32)30(2)3)27-9-8-25-15-18-6-7-21(33-4)22(12-18)34-5;1-2-21-26-17(12-22(27-21)29-10-7-25-14-29)23-18(30)5-8-28(23)9-6-24-13-16-3-4-19-20(11-16)32-15-31-19;1-14-27-17(7-20(28-14)30-11-23-10-26-30)16(8-21-29-25-12-31-21)24-5-4-22-9-15-2-3-18-19(6-15)33-13-32-18/h6-7,10-13,16,19,25,27H,8-9,14-15H2,1-5H3;2-4,7,10-12,14,23-24H,1,5-6,8-9,13,15H2;2-3,6-7,10-12,16,22,24H,4-5,8-9,13H2,1H3. The summed E-state index contributed by atoms with van der Waals surface area (Å²) < 4.78 is 42.9. The number of likely N-dealkylation sites (tertiary alicyclic amines) is 1. The molecule has 7 aromatic heterocycles. The number of nitrogens with one attached hydrogen (secondary N) is 5. The maximum Gasteiger partial charge on any atom is 0.231 e. The lowest BCUT2D eigenvalue weighted by Gasteiger charge is -2.23. The molecule has 3 aliphatic rings. The van der Waals surface area contributed by atoms with Crippen molar-refractivity contribution in [2.45, 2.75) is 70.9 Å². The Kier molecular flexibility index (Phi) is 24.0. The molecule has 10 aromatic rings. The van der Waals surface area contributed by atoms with Gasteiger partial charge in [-0.15, -0.1) is 10.2 Å². The summed E-state index contributed by atoms with van der Waals surface area (Å²) in [5.74, 6) is 9.07. The molecule has 31 nitrogen and oxygen atoms in total. The molecular formula is C68H80N22O9. The Bertz CT molecular complexity index is 4240. The van der Waals surface area contributed by atoms with E-state index in [-0.39, 0.29) is 43.4 Å². The summed E-state index contributed by atoms with van der Waals surface area (Å²) in [6, 6.07) is 22.6. The quantitative estimate of drug-likeness (QED) is 0.0363. The second kappa shape index (κ2) is 34.3. The number of ether oxygens (including phenoxy) is 6. The first kappa shape index (κ1) is 69.4. The van der Waals surface area contributed by atoms with E-state index in [0.29, 0.717) is 111 Å². The van der Waals surface area contributed by atoms with Gasteiger partial charge in [0.25, 0.3) is 0 Å². The molecule has 1 fully saturated rings. The van der Waals surface area contributed by atoms with Gasteiger partial charge in [-0.2, -0.15) is 5.10 Å². The fourth-order valence-electron chi connectivity index (χ4n) is 11.1. The van der Waals surface area contributed by atoms with Gasteiger partial charge in [0, 0.05) is 142 Å². The predicted octanol–water partition coefficient (Wildman–Crippen LogP) is 5.17. The summed E-state index contributed by atoms with van der Waals surface area (Å²) in [4.78, 5) is 68.5. The Labute approximate surface area is 571 Å². The van der Waals surface area contributed by atoms with Crippen molar-refractivity contribution in [3.05, 3.63) is 193 Å². The molecule has 0 spiro atoms. The molecule has 1 amide bonds. The molecular weight excluding hydrogens is 1270 g/mol. The Morgan fingerprint density at radius 2 is 1.26 bits per heavy atom. The number of carbonyl (C=O) groups is 2. The number of carbonyl (C=O) groups excluding carboxylic acids is 2. The zero-order chi connectivity index (χ0) is 68.9. The molecule has 3 atom stereocenters. The fraction of sp³-hybridized carbons (Fsp3) is 0.353. The molecule has 3 aromatic carbocycles. The van der Waals surface area contributed by atoms with E-state index in [1.165, 1.54) is 12.7 Å². The van der Waals surface area contributed by atoms with Gasteiger partial charge in [-0.3, -0.25) is 23.6 Å². The molecule has 10 heterocycles. The number of aromatic nitrogens is 15. The highest BCUT2D eigenvalue weighted by atomic mass is 16.7. The zero-order valence-electron chi connectivity index (χ0n) is 56.0. The van der Waals surface area contributed by atoms with Gasteiger partial charge in [-0.25, -0.2) is 49.5 Å². The van der Waals surface area contributed by atoms with Crippen LogP contribution in [-0.4, -0.2) is 183 Å². The summed E-state index contributed by atoms with van der Waals surface area (Å²) >= 11 is 0. The van der Waals surface area contributed by atoms with Gasteiger partial charge in [0.2, 0.25) is 31.8 Å². The van der Waals surface area contributed by atoms with Crippen LogP contribution in [0.15, 0.2) is 140 Å². The molecule has 1 saturated heterocycles. The van der Waals surface area contributed by atoms with Crippen molar-refractivity contribution in [1.29, 1.82) is 0 Å². The fourth-order valence-corrected chi connectivity index (χ4v) is 11.1. The van der Waals surface area contributed by atoms with E-state index < -0.39 is 0 Å². The van der Waals surface area contributed by atoms with Crippen LogP contribution in [-0.2, 0) is 35.6 Å². The topological polar surface area (TPSA) is 339 Å². The number of hydrogen-bond donors (Lipinski definition) is 5. The van der Waals surface area contributed by atoms with Crippen LogP contribution in [0.1, 0.15) is 88.1 Å². The molecule has 3 unspecified atom stereocenters. The molecule has 0 aliphatic carbocycles. The van der Waals surface area contributed by atoms with Crippen molar-refractivity contribution in [2.75, 3.05) is 87.7 Å². The highest BCUT2D eigenvalue weighted by molar-refractivity contribution is 5.87. The van der Waals surface area contributed by atoms with Crippen LogP contribution in [0.2, 0.25) is 0 Å². The van der Waals surface area contributed by atoms with Crippen LogP contribution >= 0.6 is 0 Å². The number of amides is 1. The molecule has 99 heavy (non-hydrogen) atoms. The van der Waals surface area contributed by atoms with Crippen LogP contribution in [0.25, 0.3) is 23.5 Å². The van der Waals surface area contributed by atoms with Crippen molar-refractivity contribution in [1.82, 2.24) is 110 Å². The SMILES string of the molecule is C=Cc1nc(C2C(=O)CCN2CCNCc2ccc3c(c2)OCO3)cc(-n2ccnc2)n1.COc1ccc(CNCCNC(CC(=O)N(C)C)c2cc(-n3ccnc3)nc(C)n2)cc1OC.Cc1nc(C(Cc2nnco2)NCCNCc2ccc3c(c2)OCO3)cc(-n2cncn2)n1. The van der Waals surface area contributed by atoms with E-state index in [9.17, 15) is 9.59 Å². The zero-order valence-corrected chi connectivity index (χ0v) is 56.0. The highest BCUT2D eigenvalue weighted by Gasteiger charge is 2.35. The molecule has 0 saturated carbocycles. The Hall–Kier alpha value is -11.0. The van der Waals surface area contributed by atoms with E-state index in [0.717, 1.165) is 83.1 Å². The minimum absolute atomic E-state index is 0.0243. The average molecular weight is 1350 g/mol. The summed E-state index contributed by atoms with van der Waals surface area (Å²) in [6.45, 7) is 15.1. The van der Waals surface area contributed by atoms with Gasteiger partial charge < -0.3 is 64.3 Å². The Balaban J connectivity index is 0.000000150. The van der Waals surface area contributed by atoms with Gasteiger partial charge in [-0.1, -0.05) is 24.8 Å². The van der Waals surface area contributed by atoms with Crippen molar-refractivity contribution < 1.29 is 42.4 Å². The van der Waals surface area contributed by atoms with Crippen molar-refractivity contribution >= 4 is 17.8 Å². The Morgan fingerprint density at radius 3 is 1.86 bits per heavy atom. The van der Waals surface area contributed by atoms with Gasteiger partial charge in [-0.05, 0) is 73.0 Å². The number of methoxy groups -OCH3 is 2. The molecule has 13 rings (SSSR count). The second-order valence-corrected chi connectivity index (χ2v) is 23.2. The summed E-state index contributed by atoms with van der Waals surface area (Å²) in [7, 11) is 6.76. The monoisotopic (exact) mass is 1350 g/mol. The van der Waals surface area contributed by atoms with Gasteiger partial charge >= 0.3 is 0 Å². The number of rotatable bonds is 30. The molecule has 0 bridgehead atoms. The van der Waals surface area contributed by atoms with Gasteiger partial charge in [0.15, 0.2) is 51.9 Å². The van der Waals surface area contributed by atoms with Crippen LogP contribution < -0.4 is 55.0 Å². The minimum atomic E-state index is -0.383. The van der Waals surface area contributed by atoms with Crippen LogP contribution in [0.5, 0.6) is 34.5 Å². The van der Waals surface area contributed by atoms with Crippen molar-refractivity contribution in [3.63, 3.8) is 0 Å².